The predicted molar refractivity (Wildman–Crippen MR) is 132 cm³/mol. The van der Waals surface area contributed by atoms with Gasteiger partial charge in [-0.2, -0.15) is 0 Å². The molecular weight excluding hydrogens is 481 g/mol. The molecule has 0 saturated carbocycles. The number of carboxylic acids is 1. The van der Waals surface area contributed by atoms with Gasteiger partial charge in [0.25, 0.3) is 0 Å². The first-order valence-electron chi connectivity index (χ1n) is 10.6. The van der Waals surface area contributed by atoms with Crippen molar-refractivity contribution in [2.75, 3.05) is 23.3 Å². The van der Waals surface area contributed by atoms with Crippen LogP contribution in [0.1, 0.15) is 24.0 Å². The van der Waals surface area contributed by atoms with Gasteiger partial charge in [0.05, 0.1) is 18.3 Å². The number of aryl methyl sites for hydroxylation is 2. The molecule has 2 aromatic carbocycles. The zero-order valence-electron chi connectivity index (χ0n) is 19.5. The molecule has 0 aliphatic carbocycles. The topological polar surface area (TPSA) is 112 Å². The summed E-state index contributed by atoms with van der Waals surface area (Å²) in [5.41, 5.74) is 4.83. The SMILES string of the molecule is Cc1cccc(C)c1N([CH]C(O)CC(=O)[O-])CCCNc1cccc(-n2c(=S)[nH][nH]c2=S)c1.[Na+]. The van der Waals surface area contributed by atoms with Crippen molar-refractivity contribution in [3.63, 3.8) is 0 Å². The number of anilines is 2. The summed E-state index contributed by atoms with van der Waals surface area (Å²) in [5.74, 6) is -1.29. The Morgan fingerprint density at radius 2 is 1.79 bits per heavy atom. The van der Waals surface area contributed by atoms with Crippen LogP contribution in [0.5, 0.6) is 0 Å². The van der Waals surface area contributed by atoms with Crippen molar-refractivity contribution in [3.05, 3.63) is 69.7 Å². The second-order valence-corrected chi connectivity index (χ2v) is 8.53. The molecule has 0 saturated heterocycles. The first-order valence-corrected chi connectivity index (χ1v) is 11.4. The smallest absolute Gasteiger partial charge is 0.550 e. The summed E-state index contributed by atoms with van der Waals surface area (Å²) in [6.45, 7) is 6.81. The van der Waals surface area contributed by atoms with Crippen molar-refractivity contribution in [1.82, 2.24) is 14.8 Å². The zero-order valence-corrected chi connectivity index (χ0v) is 23.1. The van der Waals surface area contributed by atoms with E-state index in [1.54, 1.807) is 11.1 Å². The van der Waals surface area contributed by atoms with Gasteiger partial charge < -0.3 is 25.2 Å². The molecule has 1 heterocycles. The van der Waals surface area contributed by atoms with Gasteiger partial charge in [-0.3, -0.25) is 14.8 Å². The van der Waals surface area contributed by atoms with Gasteiger partial charge in [0.1, 0.15) is 0 Å². The number of H-pyrrole nitrogens is 2. The molecule has 8 nitrogen and oxygen atoms in total. The number of benzene rings is 2. The van der Waals surface area contributed by atoms with E-state index in [-0.39, 0.29) is 29.6 Å². The molecule has 175 valence electrons. The minimum Gasteiger partial charge on any atom is -0.550 e. The maximum atomic E-state index is 10.9. The third kappa shape index (κ3) is 7.53. The summed E-state index contributed by atoms with van der Waals surface area (Å²) in [6.07, 6.45) is -0.832. The maximum Gasteiger partial charge on any atom is 1.00 e. The molecule has 0 bridgehead atoms. The summed E-state index contributed by atoms with van der Waals surface area (Å²) in [5, 5.41) is 30.1. The number of carbonyl (C=O) groups is 1. The average Bonchev–Trinajstić information content (AvgIpc) is 3.08. The number of nitrogens with one attached hydrogen (secondary N) is 3. The van der Waals surface area contributed by atoms with Gasteiger partial charge in [-0.25, -0.2) is 0 Å². The first-order chi connectivity index (χ1) is 15.8. The van der Waals surface area contributed by atoms with E-state index in [1.165, 1.54) is 0 Å². The van der Waals surface area contributed by atoms with Crippen molar-refractivity contribution in [1.29, 1.82) is 0 Å². The molecule has 1 radical (unpaired) electrons. The van der Waals surface area contributed by atoms with Gasteiger partial charge in [0.2, 0.25) is 0 Å². The number of hydrogen-bond donors (Lipinski definition) is 4. The number of aliphatic hydroxyl groups excluding tert-OH is 1. The van der Waals surface area contributed by atoms with Crippen LogP contribution in [0, 0.1) is 29.9 Å². The van der Waals surface area contributed by atoms with E-state index in [1.807, 2.05) is 61.2 Å². The fraction of sp³-hybridized carbons (Fsp3) is 0.304. The normalized spacial score (nSPS) is 11.5. The molecule has 0 fully saturated rings. The number of aromatic nitrogens is 3. The van der Waals surface area contributed by atoms with E-state index in [0.29, 0.717) is 22.6 Å². The molecule has 1 aromatic heterocycles. The van der Waals surface area contributed by atoms with Gasteiger partial charge in [-0.15, -0.1) is 0 Å². The number of hydrogen-bond acceptors (Lipinski definition) is 7. The van der Waals surface area contributed by atoms with E-state index in [4.69, 9.17) is 24.4 Å². The molecular formula is C23H27N5NaO3S2. The average molecular weight is 509 g/mol. The summed E-state index contributed by atoms with van der Waals surface area (Å²) in [7, 11) is 0. The van der Waals surface area contributed by atoms with Crippen LogP contribution in [0.4, 0.5) is 11.4 Å². The molecule has 0 aliphatic rings. The van der Waals surface area contributed by atoms with Gasteiger partial charge >= 0.3 is 29.6 Å². The molecule has 0 amide bonds. The Kier molecular flexibility index (Phi) is 11.0. The molecule has 1 atom stereocenters. The van der Waals surface area contributed by atoms with Crippen LogP contribution in [-0.4, -0.2) is 45.0 Å². The molecule has 0 spiro atoms. The van der Waals surface area contributed by atoms with Crippen LogP contribution in [0.2, 0.25) is 0 Å². The van der Waals surface area contributed by atoms with Gasteiger partial charge in [-0.05, 0) is 74.0 Å². The second kappa shape index (κ2) is 13.2. The summed E-state index contributed by atoms with van der Waals surface area (Å²) in [6, 6.07) is 13.7. The van der Waals surface area contributed by atoms with E-state index < -0.39 is 18.5 Å². The molecule has 1 unspecified atom stereocenters. The van der Waals surface area contributed by atoms with E-state index >= 15 is 0 Å². The van der Waals surface area contributed by atoms with Crippen LogP contribution in [0.15, 0.2) is 42.5 Å². The Hall–Kier alpha value is -1.95. The van der Waals surface area contributed by atoms with E-state index in [9.17, 15) is 15.0 Å². The third-order valence-corrected chi connectivity index (χ3v) is 5.72. The molecule has 0 aliphatic heterocycles. The Balaban J connectivity index is 0.00000408. The molecule has 3 aromatic rings. The Bertz CT molecular complexity index is 1180. The summed E-state index contributed by atoms with van der Waals surface area (Å²) >= 11 is 10.6. The van der Waals surface area contributed by atoms with Crippen LogP contribution in [0.25, 0.3) is 5.69 Å². The van der Waals surface area contributed by atoms with Crippen molar-refractivity contribution in [2.45, 2.75) is 32.8 Å². The number of carboxylic acid groups (broad SMARTS) is 1. The zero-order chi connectivity index (χ0) is 24.0. The standard InChI is InChI=1S/C23H28N5O3S2.Na/c1-15-6-3-7-16(2)21(15)27(14-19(29)13-20(30)31)11-5-10-24-17-8-4-9-18(12-17)28-22(32)25-26-23(28)33;/h3-4,6-9,12,14,19,24,29H,5,10-11,13H2,1-2H3,(H,25,32)(H,26,33)(H,30,31);/q;+1/p-1. The number of aliphatic carboxylic acids is 1. The Labute approximate surface area is 231 Å². The Morgan fingerprint density at radius 1 is 1.18 bits per heavy atom. The number of aromatic amines is 2. The summed E-state index contributed by atoms with van der Waals surface area (Å²) in [4.78, 5) is 12.8. The van der Waals surface area contributed by atoms with Crippen molar-refractivity contribution in [3.8, 4) is 5.69 Å². The molecule has 4 N–H and O–H groups in total. The van der Waals surface area contributed by atoms with Crippen LogP contribution < -0.4 is 44.9 Å². The monoisotopic (exact) mass is 508 g/mol. The minimum absolute atomic E-state index is 0. The molecule has 34 heavy (non-hydrogen) atoms. The van der Waals surface area contributed by atoms with Gasteiger partial charge in [-0.1, -0.05) is 24.3 Å². The van der Waals surface area contributed by atoms with Gasteiger partial charge in [0, 0.05) is 36.9 Å². The van der Waals surface area contributed by atoms with Crippen molar-refractivity contribution >= 4 is 41.8 Å². The van der Waals surface area contributed by atoms with E-state index in [2.05, 4.69) is 15.5 Å². The van der Waals surface area contributed by atoms with E-state index in [0.717, 1.165) is 34.6 Å². The number of nitrogens with zero attached hydrogens (tertiary/aromatic N) is 2. The number of rotatable bonds is 11. The van der Waals surface area contributed by atoms with Crippen LogP contribution >= 0.6 is 24.4 Å². The molecule has 11 heteroatoms. The number of para-hydroxylation sites is 1. The number of aliphatic hydroxyl groups is 1. The third-order valence-electron chi connectivity index (χ3n) is 5.15. The van der Waals surface area contributed by atoms with Crippen LogP contribution in [-0.2, 0) is 4.79 Å². The predicted octanol–water partition coefficient (Wildman–Crippen LogP) is 0.185. The fourth-order valence-corrected chi connectivity index (χ4v) is 4.29. The summed E-state index contributed by atoms with van der Waals surface area (Å²) < 4.78 is 2.73. The quantitative estimate of drug-likeness (QED) is 0.166. The van der Waals surface area contributed by atoms with Crippen molar-refractivity contribution in [2.24, 2.45) is 0 Å². The largest absolute Gasteiger partial charge is 1.00 e. The number of carbonyl (C=O) groups excluding carboxylic acids is 1. The minimum atomic E-state index is -1.29. The Morgan fingerprint density at radius 3 is 2.41 bits per heavy atom. The second-order valence-electron chi connectivity index (χ2n) is 7.75. The van der Waals surface area contributed by atoms with Crippen molar-refractivity contribution < 1.29 is 44.6 Å². The fourth-order valence-electron chi connectivity index (χ4n) is 3.73. The van der Waals surface area contributed by atoms with Crippen LogP contribution in [0.3, 0.4) is 0 Å². The maximum absolute atomic E-state index is 10.9. The van der Waals surface area contributed by atoms with Gasteiger partial charge in [0.15, 0.2) is 9.54 Å². The molecule has 3 rings (SSSR count). The first kappa shape index (κ1) is 28.3.